The average Bonchev–Trinajstić information content (AvgIpc) is 2.55. The van der Waals surface area contributed by atoms with Crippen LogP contribution in [0.15, 0.2) is 24.5 Å². The van der Waals surface area contributed by atoms with E-state index in [9.17, 15) is 0 Å². The van der Waals surface area contributed by atoms with Crippen LogP contribution in [0.2, 0.25) is 0 Å². The largest absolute Gasteiger partial charge is 0.264 e. The summed E-state index contributed by atoms with van der Waals surface area (Å²) in [5.41, 5.74) is 1.43. The predicted molar refractivity (Wildman–Crippen MR) is 98.2 cm³/mol. The average molecular weight is 304 g/mol. The second-order valence-corrected chi connectivity index (χ2v) is 6.84. The number of nitrogens with zero attached hydrogens (tertiary/aromatic N) is 1. The molecule has 1 heterocycles. The summed E-state index contributed by atoms with van der Waals surface area (Å²) < 4.78 is 0. The Morgan fingerprint density at radius 1 is 0.818 bits per heavy atom. The van der Waals surface area contributed by atoms with Crippen molar-refractivity contribution in [2.75, 3.05) is 0 Å². The van der Waals surface area contributed by atoms with Crippen LogP contribution in [0.5, 0.6) is 0 Å². The third kappa shape index (κ3) is 9.97. The Bertz CT molecular complexity index is 319. The Labute approximate surface area is 138 Å². The molecule has 0 N–H and O–H groups in total. The summed E-state index contributed by atoms with van der Waals surface area (Å²) in [5, 5.41) is 0. The molecular weight excluding hydrogens is 266 g/mol. The Hall–Kier alpha value is -0.850. The van der Waals surface area contributed by atoms with Gasteiger partial charge in [-0.05, 0) is 24.0 Å². The first kappa shape index (κ1) is 19.2. The number of hydrogen-bond acceptors (Lipinski definition) is 1. The van der Waals surface area contributed by atoms with Crippen molar-refractivity contribution in [3.63, 3.8) is 0 Å². The monoisotopic (exact) mass is 303 g/mol. The Morgan fingerprint density at radius 3 is 1.91 bits per heavy atom. The summed E-state index contributed by atoms with van der Waals surface area (Å²) in [7, 11) is 0. The molecule has 1 heteroatoms. The van der Waals surface area contributed by atoms with Gasteiger partial charge in [-0.1, -0.05) is 97.0 Å². The van der Waals surface area contributed by atoms with E-state index in [0.29, 0.717) is 0 Å². The van der Waals surface area contributed by atoms with Crippen molar-refractivity contribution in [3.05, 3.63) is 30.1 Å². The van der Waals surface area contributed by atoms with Gasteiger partial charge in [-0.3, -0.25) is 4.98 Å². The van der Waals surface area contributed by atoms with Crippen LogP contribution in [-0.2, 0) is 6.42 Å². The molecule has 0 aliphatic rings. The SMILES string of the molecule is CCCCCCCC(CCCCCCC)Cc1cccnc1. The van der Waals surface area contributed by atoms with E-state index in [1.807, 2.05) is 6.20 Å². The second kappa shape index (κ2) is 13.8. The first-order valence-electron chi connectivity index (χ1n) is 9.75. The lowest BCUT2D eigenvalue weighted by Crippen LogP contribution is -2.05. The molecule has 0 spiro atoms. The molecule has 1 aromatic heterocycles. The topological polar surface area (TPSA) is 12.9 Å². The molecule has 1 aromatic rings. The van der Waals surface area contributed by atoms with Crippen LogP contribution < -0.4 is 0 Å². The summed E-state index contributed by atoms with van der Waals surface area (Å²) in [6, 6.07) is 4.32. The maximum absolute atomic E-state index is 4.28. The Morgan fingerprint density at radius 2 is 1.41 bits per heavy atom. The number of hydrogen-bond donors (Lipinski definition) is 0. The van der Waals surface area contributed by atoms with Crippen molar-refractivity contribution in [3.8, 4) is 0 Å². The molecule has 0 bridgehead atoms. The minimum atomic E-state index is 0.868. The quantitative estimate of drug-likeness (QED) is 0.338. The van der Waals surface area contributed by atoms with Crippen LogP contribution in [0, 0.1) is 5.92 Å². The maximum Gasteiger partial charge on any atom is 0.0299 e. The van der Waals surface area contributed by atoms with Crippen LogP contribution >= 0.6 is 0 Å². The van der Waals surface area contributed by atoms with Crippen molar-refractivity contribution >= 4 is 0 Å². The van der Waals surface area contributed by atoms with E-state index in [1.54, 1.807) is 0 Å². The summed E-state index contributed by atoms with van der Waals surface area (Å²) in [4.78, 5) is 4.28. The fourth-order valence-corrected chi connectivity index (χ4v) is 3.27. The maximum atomic E-state index is 4.28. The molecule has 126 valence electrons. The zero-order valence-electron chi connectivity index (χ0n) is 15.0. The summed E-state index contributed by atoms with van der Waals surface area (Å²) >= 11 is 0. The highest BCUT2D eigenvalue weighted by molar-refractivity contribution is 5.09. The molecule has 0 fully saturated rings. The first-order valence-corrected chi connectivity index (χ1v) is 9.75. The standard InChI is InChI=1S/C21H37N/c1-3-5-7-9-11-14-20(15-12-10-8-6-4-2)18-21-16-13-17-22-19-21/h13,16-17,19-20H,3-12,14-15,18H2,1-2H3. The van der Waals surface area contributed by atoms with Crippen molar-refractivity contribution in [1.82, 2.24) is 4.98 Å². The van der Waals surface area contributed by atoms with Gasteiger partial charge in [0.05, 0.1) is 0 Å². The molecule has 0 aliphatic carbocycles. The zero-order valence-corrected chi connectivity index (χ0v) is 15.0. The van der Waals surface area contributed by atoms with E-state index in [1.165, 1.54) is 89.0 Å². The highest BCUT2D eigenvalue weighted by Gasteiger charge is 2.10. The van der Waals surface area contributed by atoms with Crippen LogP contribution in [0.1, 0.15) is 96.5 Å². The van der Waals surface area contributed by atoms with Gasteiger partial charge in [-0.2, -0.15) is 0 Å². The zero-order chi connectivity index (χ0) is 15.9. The molecule has 0 saturated carbocycles. The lowest BCUT2D eigenvalue weighted by atomic mass is 9.89. The predicted octanol–water partition coefficient (Wildman–Crippen LogP) is 6.96. The van der Waals surface area contributed by atoms with Crippen molar-refractivity contribution in [2.45, 2.75) is 97.3 Å². The van der Waals surface area contributed by atoms with E-state index >= 15 is 0 Å². The van der Waals surface area contributed by atoms with Crippen LogP contribution in [-0.4, -0.2) is 4.98 Å². The van der Waals surface area contributed by atoms with Gasteiger partial charge in [0.25, 0.3) is 0 Å². The molecule has 1 nitrogen and oxygen atoms in total. The van der Waals surface area contributed by atoms with Gasteiger partial charge in [0, 0.05) is 12.4 Å². The Kier molecular flexibility index (Phi) is 12.0. The van der Waals surface area contributed by atoms with E-state index in [4.69, 9.17) is 0 Å². The molecule has 0 saturated heterocycles. The molecule has 0 amide bonds. The third-order valence-corrected chi connectivity index (χ3v) is 4.68. The lowest BCUT2D eigenvalue weighted by Gasteiger charge is -2.17. The Balaban J connectivity index is 2.29. The molecule has 0 unspecified atom stereocenters. The summed E-state index contributed by atoms with van der Waals surface area (Å²) in [6.07, 6.45) is 22.0. The van der Waals surface area contributed by atoms with Crippen molar-refractivity contribution in [1.29, 1.82) is 0 Å². The number of unbranched alkanes of at least 4 members (excludes halogenated alkanes) is 8. The van der Waals surface area contributed by atoms with Crippen LogP contribution in [0.4, 0.5) is 0 Å². The molecule has 0 radical (unpaired) electrons. The van der Waals surface area contributed by atoms with E-state index in [2.05, 4.69) is 37.2 Å². The van der Waals surface area contributed by atoms with Gasteiger partial charge in [-0.25, -0.2) is 0 Å². The summed E-state index contributed by atoms with van der Waals surface area (Å²) in [6.45, 7) is 4.59. The van der Waals surface area contributed by atoms with Gasteiger partial charge in [-0.15, -0.1) is 0 Å². The van der Waals surface area contributed by atoms with Crippen LogP contribution in [0.3, 0.4) is 0 Å². The van der Waals surface area contributed by atoms with Crippen LogP contribution in [0.25, 0.3) is 0 Å². The molecular formula is C21H37N. The van der Waals surface area contributed by atoms with Crippen molar-refractivity contribution < 1.29 is 0 Å². The minimum absolute atomic E-state index is 0.868. The van der Waals surface area contributed by atoms with Gasteiger partial charge in [0.15, 0.2) is 0 Å². The van der Waals surface area contributed by atoms with Gasteiger partial charge >= 0.3 is 0 Å². The number of pyridine rings is 1. The molecule has 22 heavy (non-hydrogen) atoms. The highest BCUT2D eigenvalue weighted by Crippen LogP contribution is 2.22. The molecule has 1 rings (SSSR count). The lowest BCUT2D eigenvalue weighted by molar-refractivity contribution is 0.401. The number of rotatable bonds is 14. The normalized spacial score (nSPS) is 11.2. The van der Waals surface area contributed by atoms with E-state index < -0.39 is 0 Å². The summed E-state index contributed by atoms with van der Waals surface area (Å²) in [5.74, 6) is 0.868. The van der Waals surface area contributed by atoms with E-state index in [-0.39, 0.29) is 0 Å². The minimum Gasteiger partial charge on any atom is -0.264 e. The first-order chi connectivity index (χ1) is 10.9. The fourth-order valence-electron chi connectivity index (χ4n) is 3.27. The second-order valence-electron chi connectivity index (χ2n) is 6.84. The van der Waals surface area contributed by atoms with Gasteiger partial charge in [0.2, 0.25) is 0 Å². The third-order valence-electron chi connectivity index (χ3n) is 4.68. The molecule has 0 aliphatic heterocycles. The van der Waals surface area contributed by atoms with Crippen molar-refractivity contribution in [2.24, 2.45) is 5.92 Å². The fraction of sp³-hybridized carbons (Fsp3) is 0.762. The van der Waals surface area contributed by atoms with Gasteiger partial charge < -0.3 is 0 Å². The molecule has 0 aromatic carbocycles. The van der Waals surface area contributed by atoms with E-state index in [0.717, 1.165) is 5.92 Å². The molecule has 0 atom stereocenters. The smallest absolute Gasteiger partial charge is 0.0299 e. The highest BCUT2D eigenvalue weighted by atomic mass is 14.6. The van der Waals surface area contributed by atoms with Gasteiger partial charge in [0.1, 0.15) is 0 Å². The number of aromatic nitrogens is 1.